The van der Waals surface area contributed by atoms with Crippen molar-refractivity contribution < 1.29 is 13.2 Å². The standard InChI is InChI=1S/C12H18ClNO3S/c1-4-17-8-9(2)14-12-7-10(18(3,15)16)5-6-11(12)13/h5-7,9,14H,4,8H2,1-3H3. The van der Waals surface area contributed by atoms with Gasteiger partial charge >= 0.3 is 0 Å². The Kier molecular flexibility index (Phi) is 5.44. The number of anilines is 1. The number of benzene rings is 1. The van der Waals surface area contributed by atoms with Crippen LogP contribution in [0.1, 0.15) is 13.8 Å². The summed E-state index contributed by atoms with van der Waals surface area (Å²) in [7, 11) is -3.22. The molecule has 0 bridgehead atoms. The number of halogens is 1. The van der Waals surface area contributed by atoms with Gasteiger partial charge in [-0.1, -0.05) is 11.6 Å². The molecule has 1 N–H and O–H groups in total. The maximum Gasteiger partial charge on any atom is 0.175 e. The van der Waals surface area contributed by atoms with Gasteiger partial charge < -0.3 is 10.1 Å². The van der Waals surface area contributed by atoms with Crippen LogP contribution in [0.15, 0.2) is 23.1 Å². The minimum Gasteiger partial charge on any atom is -0.380 e. The molecular weight excluding hydrogens is 274 g/mol. The lowest BCUT2D eigenvalue weighted by molar-refractivity contribution is 0.141. The second kappa shape index (κ2) is 6.41. The Morgan fingerprint density at radius 1 is 1.44 bits per heavy atom. The molecule has 0 radical (unpaired) electrons. The summed E-state index contributed by atoms with van der Waals surface area (Å²) >= 11 is 6.03. The Bertz CT molecular complexity index is 502. The van der Waals surface area contributed by atoms with Crippen molar-refractivity contribution in [2.75, 3.05) is 24.8 Å². The molecule has 102 valence electrons. The van der Waals surface area contributed by atoms with Gasteiger partial charge in [0.25, 0.3) is 0 Å². The van der Waals surface area contributed by atoms with E-state index in [4.69, 9.17) is 16.3 Å². The van der Waals surface area contributed by atoms with Crippen LogP contribution in [0.2, 0.25) is 5.02 Å². The quantitative estimate of drug-likeness (QED) is 0.875. The van der Waals surface area contributed by atoms with Crippen molar-refractivity contribution in [2.24, 2.45) is 0 Å². The van der Waals surface area contributed by atoms with E-state index in [2.05, 4.69) is 5.32 Å². The van der Waals surface area contributed by atoms with Crippen molar-refractivity contribution in [3.63, 3.8) is 0 Å². The molecule has 0 saturated carbocycles. The number of hydrogen-bond donors (Lipinski definition) is 1. The normalized spacial score (nSPS) is 13.3. The van der Waals surface area contributed by atoms with Crippen LogP contribution in [-0.4, -0.2) is 33.9 Å². The molecular formula is C12H18ClNO3S. The van der Waals surface area contributed by atoms with Gasteiger partial charge in [0.05, 0.1) is 22.2 Å². The van der Waals surface area contributed by atoms with Crippen molar-refractivity contribution in [1.82, 2.24) is 0 Å². The highest BCUT2D eigenvalue weighted by molar-refractivity contribution is 7.90. The third-order valence-corrected chi connectivity index (χ3v) is 3.78. The topological polar surface area (TPSA) is 55.4 Å². The maximum atomic E-state index is 11.5. The van der Waals surface area contributed by atoms with E-state index in [1.165, 1.54) is 12.3 Å². The minimum absolute atomic E-state index is 0.0530. The van der Waals surface area contributed by atoms with Gasteiger partial charge in [0, 0.05) is 18.9 Å². The zero-order chi connectivity index (χ0) is 13.8. The van der Waals surface area contributed by atoms with Gasteiger partial charge in [0.2, 0.25) is 0 Å². The SMILES string of the molecule is CCOCC(C)Nc1cc(S(C)(=O)=O)ccc1Cl. The van der Waals surface area contributed by atoms with E-state index in [-0.39, 0.29) is 10.9 Å². The fourth-order valence-corrected chi connectivity index (χ4v) is 2.27. The van der Waals surface area contributed by atoms with E-state index < -0.39 is 9.84 Å². The molecule has 1 unspecified atom stereocenters. The van der Waals surface area contributed by atoms with Crippen LogP contribution < -0.4 is 5.32 Å². The van der Waals surface area contributed by atoms with Crippen molar-refractivity contribution in [1.29, 1.82) is 0 Å². The Balaban J connectivity index is 2.88. The van der Waals surface area contributed by atoms with Crippen LogP contribution in [0.5, 0.6) is 0 Å². The molecule has 0 amide bonds. The number of hydrogen-bond acceptors (Lipinski definition) is 4. The number of sulfone groups is 1. The summed E-state index contributed by atoms with van der Waals surface area (Å²) in [5, 5.41) is 3.63. The molecule has 0 aliphatic heterocycles. The lowest BCUT2D eigenvalue weighted by Crippen LogP contribution is -2.22. The molecule has 4 nitrogen and oxygen atoms in total. The molecule has 1 atom stereocenters. The molecule has 0 saturated heterocycles. The molecule has 0 aromatic heterocycles. The van der Waals surface area contributed by atoms with Gasteiger partial charge in [-0.3, -0.25) is 0 Å². The lowest BCUT2D eigenvalue weighted by atomic mass is 10.2. The Labute approximate surface area is 113 Å². The highest BCUT2D eigenvalue weighted by Crippen LogP contribution is 2.25. The van der Waals surface area contributed by atoms with Crippen molar-refractivity contribution >= 4 is 27.1 Å². The van der Waals surface area contributed by atoms with Crippen molar-refractivity contribution in [3.05, 3.63) is 23.2 Å². The molecule has 18 heavy (non-hydrogen) atoms. The molecule has 0 fully saturated rings. The second-order valence-electron chi connectivity index (χ2n) is 4.12. The van der Waals surface area contributed by atoms with Crippen LogP contribution in [0.4, 0.5) is 5.69 Å². The molecule has 1 rings (SSSR count). The Morgan fingerprint density at radius 3 is 2.67 bits per heavy atom. The van der Waals surface area contributed by atoms with Crippen LogP contribution in [0, 0.1) is 0 Å². The highest BCUT2D eigenvalue weighted by atomic mass is 35.5. The van der Waals surface area contributed by atoms with Gasteiger partial charge in [0.1, 0.15) is 0 Å². The summed E-state index contributed by atoms with van der Waals surface area (Å²) in [5.41, 5.74) is 0.604. The summed E-state index contributed by atoms with van der Waals surface area (Å²) in [4.78, 5) is 0.248. The fourth-order valence-electron chi connectivity index (χ4n) is 1.45. The number of ether oxygens (including phenoxy) is 1. The third kappa shape index (κ3) is 4.48. The molecule has 0 spiro atoms. The zero-order valence-corrected chi connectivity index (χ0v) is 12.3. The van der Waals surface area contributed by atoms with Crippen molar-refractivity contribution in [3.8, 4) is 0 Å². The molecule has 0 aliphatic carbocycles. The van der Waals surface area contributed by atoms with E-state index in [0.29, 0.717) is 23.9 Å². The molecule has 6 heteroatoms. The van der Waals surface area contributed by atoms with Crippen LogP contribution in [-0.2, 0) is 14.6 Å². The molecule has 0 heterocycles. The smallest absolute Gasteiger partial charge is 0.175 e. The zero-order valence-electron chi connectivity index (χ0n) is 10.7. The fraction of sp³-hybridized carbons (Fsp3) is 0.500. The van der Waals surface area contributed by atoms with Gasteiger partial charge in [-0.2, -0.15) is 0 Å². The Hall–Kier alpha value is -0.780. The first-order valence-corrected chi connectivity index (χ1v) is 7.95. The van der Waals surface area contributed by atoms with Crippen LogP contribution >= 0.6 is 11.6 Å². The molecule has 0 aliphatic rings. The van der Waals surface area contributed by atoms with Gasteiger partial charge in [-0.25, -0.2) is 8.42 Å². The Morgan fingerprint density at radius 2 is 2.11 bits per heavy atom. The summed E-state index contributed by atoms with van der Waals surface area (Å²) in [5.74, 6) is 0. The number of rotatable bonds is 6. The van der Waals surface area contributed by atoms with E-state index in [1.54, 1.807) is 12.1 Å². The average molecular weight is 292 g/mol. The van der Waals surface area contributed by atoms with Gasteiger partial charge in [-0.15, -0.1) is 0 Å². The minimum atomic E-state index is -3.22. The summed E-state index contributed by atoms with van der Waals surface area (Å²) < 4.78 is 28.2. The first-order chi connectivity index (χ1) is 8.34. The molecule has 1 aromatic rings. The van der Waals surface area contributed by atoms with Crippen LogP contribution in [0.3, 0.4) is 0 Å². The third-order valence-electron chi connectivity index (χ3n) is 2.34. The predicted octanol–water partition coefficient (Wildman–Crippen LogP) is 2.58. The van der Waals surface area contributed by atoms with Crippen LogP contribution in [0.25, 0.3) is 0 Å². The lowest BCUT2D eigenvalue weighted by Gasteiger charge is -2.16. The number of nitrogens with one attached hydrogen (secondary N) is 1. The maximum absolute atomic E-state index is 11.5. The van der Waals surface area contributed by atoms with Crippen molar-refractivity contribution in [2.45, 2.75) is 24.8 Å². The summed E-state index contributed by atoms with van der Waals surface area (Å²) in [6, 6.07) is 4.67. The van der Waals surface area contributed by atoms with E-state index in [1.807, 2.05) is 13.8 Å². The first-order valence-electron chi connectivity index (χ1n) is 5.68. The van der Waals surface area contributed by atoms with Gasteiger partial charge in [-0.05, 0) is 32.0 Å². The largest absolute Gasteiger partial charge is 0.380 e. The average Bonchev–Trinajstić information content (AvgIpc) is 2.28. The molecule has 1 aromatic carbocycles. The predicted molar refractivity (Wildman–Crippen MR) is 74.1 cm³/mol. The summed E-state index contributed by atoms with van der Waals surface area (Å²) in [6.07, 6.45) is 1.17. The van der Waals surface area contributed by atoms with E-state index >= 15 is 0 Å². The summed E-state index contributed by atoms with van der Waals surface area (Å²) in [6.45, 7) is 5.04. The van der Waals surface area contributed by atoms with E-state index in [0.717, 1.165) is 0 Å². The van der Waals surface area contributed by atoms with Gasteiger partial charge in [0.15, 0.2) is 9.84 Å². The highest BCUT2D eigenvalue weighted by Gasteiger charge is 2.11. The second-order valence-corrected chi connectivity index (χ2v) is 6.54. The monoisotopic (exact) mass is 291 g/mol. The first kappa shape index (κ1) is 15.3. The van der Waals surface area contributed by atoms with E-state index in [9.17, 15) is 8.42 Å².